The zero-order valence-electron chi connectivity index (χ0n) is 12.5. The number of nitrogens with zero attached hydrogens (tertiary/aromatic N) is 1. The molecule has 1 aliphatic carbocycles. The monoisotopic (exact) mass is 267 g/mol. The Morgan fingerprint density at radius 2 is 2.16 bits per heavy atom. The van der Waals surface area contributed by atoms with Crippen LogP contribution in [0.4, 0.5) is 0 Å². The Kier molecular flexibility index (Phi) is 5.64. The number of hydrogen-bond acceptors (Lipinski definition) is 3. The van der Waals surface area contributed by atoms with Crippen LogP contribution in [0.3, 0.4) is 0 Å². The van der Waals surface area contributed by atoms with Crippen LogP contribution in [0.2, 0.25) is 0 Å². The van der Waals surface area contributed by atoms with E-state index in [0.29, 0.717) is 24.5 Å². The van der Waals surface area contributed by atoms with E-state index >= 15 is 0 Å². The molecular formula is C15H29N3O. The molecule has 1 aliphatic heterocycles. The van der Waals surface area contributed by atoms with E-state index in [0.717, 1.165) is 26.1 Å². The van der Waals surface area contributed by atoms with E-state index in [4.69, 9.17) is 0 Å². The van der Waals surface area contributed by atoms with E-state index in [2.05, 4.69) is 29.4 Å². The molecule has 0 radical (unpaired) electrons. The highest BCUT2D eigenvalue weighted by Gasteiger charge is 2.32. The number of amides is 1. The average molecular weight is 267 g/mol. The lowest BCUT2D eigenvalue weighted by atomic mass is 10.1. The summed E-state index contributed by atoms with van der Waals surface area (Å²) in [4.78, 5) is 14.4. The Hall–Kier alpha value is -0.610. The largest absolute Gasteiger partial charge is 0.355 e. The normalized spacial score (nSPS) is 23.3. The van der Waals surface area contributed by atoms with Crippen molar-refractivity contribution in [1.82, 2.24) is 15.5 Å². The van der Waals surface area contributed by atoms with Crippen molar-refractivity contribution >= 4 is 5.91 Å². The maximum atomic E-state index is 12.0. The highest BCUT2D eigenvalue weighted by molar-refractivity contribution is 5.78. The van der Waals surface area contributed by atoms with Crippen molar-refractivity contribution in [1.29, 1.82) is 0 Å². The van der Waals surface area contributed by atoms with Crippen LogP contribution in [0, 0.1) is 5.92 Å². The van der Waals surface area contributed by atoms with Crippen LogP contribution >= 0.6 is 0 Å². The second-order valence-electron chi connectivity index (χ2n) is 6.49. The number of hydrogen-bond donors (Lipinski definition) is 2. The van der Waals surface area contributed by atoms with Gasteiger partial charge < -0.3 is 10.6 Å². The minimum absolute atomic E-state index is 0.200. The molecular weight excluding hydrogens is 238 g/mol. The summed E-state index contributed by atoms with van der Waals surface area (Å²) >= 11 is 0. The minimum atomic E-state index is 0.200. The van der Waals surface area contributed by atoms with Gasteiger partial charge in [0.15, 0.2) is 0 Å². The Bertz CT molecular complexity index is 283. The Labute approximate surface area is 117 Å². The fourth-order valence-corrected chi connectivity index (χ4v) is 2.72. The van der Waals surface area contributed by atoms with Crippen molar-refractivity contribution in [2.24, 2.45) is 5.92 Å². The van der Waals surface area contributed by atoms with Crippen molar-refractivity contribution in [3.63, 3.8) is 0 Å². The van der Waals surface area contributed by atoms with Crippen molar-refractivity contribution in [2.45, 2.75) is 58.0 Å². The number of carbonyl (C=O) groups excluding carboxylic acids is 1. The molecule has 1 unspecified atom stereocenters. The fourth-order valence-electron chi connectivity index (χ4n) is 2.72. The summed E-state index contributed by atoms with van der Waals surface area (Å²) in [5, 5.41) is 6.58. The van der Waals surface area contributed by atoms with Gasteiger partial charge in [-0.05, 0) is 44.6 Å². The van der Waals surface area contributed by atoms with E-state index < -0.39 is 0 Å². The van der Waals surface area contributed by atoms with Gasteiger partial charge in [-0.1, -0.05) is 13.8 Å². The van der Waals surface area contributed by atoms with Gasteiger partial charge in [0.05, 0.1) is 6.54 Å². The Balaban J connectivity index is 1.68. The summed E-state index contributed by atoms with van der Waals surface area (Å²) in [7, 11) is 0. The summed E-state index contributed by atoms with van der Waals surface area (Å²) < 4.78 is 0. The molecule has 1 saturated heterocycles. The summed E-state index contributed by atoms with van der Waals surface area (Å²) in [5.74, 6) is 0.855. The quantitative estimate of drug-likeness (QED) is 0.698. The third-order valence-corrected chi connectivity index (χ3v) is 4.07. The molecule has 1 atom stereocenters. The van der Waals surface area contributed by atoms with Crippen LogP contribution in [-0.4, -0.2) is 49.1 Å². The Morgan fingerprint density at radius 3 is 2.74 bits per heavy atom. The third-order valence-electron chi connectivity index (χ3n) is 4.07. The molecule has 110 valence electrons. The molecule has 0 spiro atoms. The summed E-state index contributed by atoms with van der Waals surface area (Å²) in [6.07, 6.45) is 6.15. The van der Waals surface area contributed by atoms with Crippen LogP contribution in [-0.2, 0) is 4.79 Å². The molecule has 19 heavy (non-hydrogen) atoms. The predicted octanol–water partition coefficient (Wildman–Crippen LogP) is 1.37. The van der Waals surface area contributed by atoms with Crippen LogP contribution in [0.5, 0.6) is 0 Å². The van der Waals surface area contributed by atoms with Gasteiger partial charge in [0.2, 0.25) is 5.91 Å². The van der Waals surface area contributed by atoms with Gasteiger partial charge in [-0.25, -0.2) is 0 Å². The summed E-state index contributed by atoms with van der Waals surface area (Å²) in [5.41, 5.74) is 0. The van der Waals surface area contributed by atoms with E-state index in [9.17, 15) is 4.79 Å². The lowest BCUT2D eigenvalue weighted by Gasteiger charge is -2.25. The average Bonchev–Trinajstić information content (AvgIpc) is 3.07. The number of nitrogens with one attached hydrogen (secondary N) is 2. The SMILES string of the molecule is CC(C)CCNC(=O)CN(CC1CCCN1)C1CC1. The first-order valence-corrected chi connectivity index (χ1v) is 7.89. The lowest BCUT2D eigenvalue weighted by molar-refractivity contribution is -0.122. The molecule has 2 N–H and O–H groups in total. The number of rotatable bonds is 8. The molecule has 0 aromatic rings. The van der Waals surface area contributed by atoms with Crippen molar-refractivity contribution in [2.75, 3.05) is 26.2 Å². The molecule has 4 nitrogen and oxygen atoms in total. The smallest absolute Gasteiger partial charge is 0.234 e. The lowest BCUT2D eigenvalue weighted by Crippen LogP contribution is -2.44. The maximum absolute atomic E-state index is 12.0. The van der Waals surface area contributed by atoms with Crippen molar-refractivity contribution < 1.29 is 4.79 Å². The molecule has 4 heteroatoms. The molecule has 1 amide bonds. The minimum Gasteiger partial charge on any atom is -0.355 e. The summed E-state index contributed by atoms with van der Waals surface area (Å²) in [6.45, 7) is 7.96. The van der Waals surface area contributed by atoms with E-state index in [1.54, 1.807) is 0 Å². The van der Waals surface area contributed by atoms with Crippen LogP contribution in [0.25, 0.3) is 0 Å². The van der Waals surface area contributed by atoms with E-state index in [1.165, 1.54) is 25.7 Å². The van der Waals surface area contributed by atoms with Crippen LogP contribution in [0.15, 0.2) is 0 Å². The van der Waals surface area contributed by atoms with Gasteiger partial charge in [0.25, 0.3) is 0 Å². The van der Waals surface area contributed by atoms with E-state index in [-0.39, 0.29) is 5.91 Å². The fraction of sp³-hybridized carbons (Fsp3) is 0.933. The molecule has 2 fully saturated rings. The zero-order valence-corrected chi connectivity index (χ0v) is 12.5. The second kappa shape index (κ2) is 7.25. The molecule has 1 heterocycles. The summed E-state index contributed by atoms with van der Waals surface area (Å²) in [6, 6.07) is 1.27. The highest BCUT2D eigenvalue weighted by Crippen LogP contribution is 2.27. The molecule has 1 saturated carbocycles. The molecule has 0 bridgehead atoms. The molecule has 2 rings (SSSR count). The van der Waals surface area contributed by atoms with Gasteiger partial charge in [-0.15, -0.1) is 0 Å². The van der Waals surface area contributed by atoms with Gasteiger partial charge >= 0.3 is 0 Å². The topological polar surface area (TPSA) is 44.4 Å². The molecule has 0 aromatic heterocycles. The first-order chi connectivity index (χ1) is 9.15. The van der Waals surface area contributed by atoms with Crippen molar-refractivity contribution in [3.8, 4) is 0 Å². The van der Waals surface area contributed by atoms with Crippen molar-refractivity contribution in [3.05, 3.63) is 0 Å². The maximum Gasteiger partial charge on any atom is 0.234 e. The third kappa shape index (κ3) is 5.49. The van der Waals surface area contributed by atoms with Gasteiger partial charge in [-0.3, -0.25) is 9.69 Å². The first-order valence-electron chi connectivity index (χ1n) is 7.89. The Morgan fingerprint density at radius 1 is 1.37 bits per heavy atom. The van der Waals surface area contributed by atoms with Gasteiger partial charge in [0.1, 0.15) is 0 Å². The predicted molar refractivity (Wildman–Crippen MR) is 78.1 cm³/mol. The molecule has 2 aliphatic rings. The van der Waals surface area contributed by atoms with Crippen LogP contribution in [0.1, 0.15) is 46.0 Å². The zero-order chi connectivity index (χ0) is 13.7. The van der Waals surface area contributed by atoms with Gasteiger partial charge in [0, 0.05) is 25.2 Å². The highest BCUT2D eigenvalue weighted by atomic mass is 16.2. The van der Waals surface area contributed by atoms with Crippen LogP contribution < -0.4 is 10.6 Å². The van der Waals surface area contributed by atoms with Gasteiger partial charge in [-0.2, -0.15) is 0 Å². The molecule has 0 aromatic carbocycles. The standard InChI is InChI=1S/C15H29N3O/c1-12(2)7-9-17-15(19)11-18(14-5-6-14)10-13-4-3-8-16-13/h12-14,16H,3-11H2,1-2H3,(H,17,19). The second-order valence-corrected chi connectivity index (χ2v) is 6.49. The first kappa shape index (κ1) is 14.8. The van der Waals surface area contributed by atoms with E-state index in [1.807, 2.05) is 0 Å². The number of carbonyl (C=O) groups is 1.